The summed E-state index contributed by atoms with van der Waals surface area (Å²) in [7, 11) is 0. The molecular formula is C22H21N5S. The highest BCUT2D eigenvalue weighted by Crippen LogP contribution is 2.39. The van der Waals surface area contributed by atoms with E-state index in [9.17, 15) is 0 Å². The minimum atomic E-state index is 0.858. The number of hydrogen-bond donors (Lipinski definition) is 2. The first-order valence-corrected chi connectivity index (χ1v) is 10.3. The molecule has 0 fully saturated rings. The molecule has 0 unspecified atom stereocenters. The van der Waals surface area contributed by atoms with Crippen molar-refractivity contribution in [1.29, 1.82) is 0 Å². The topological polar surface area (TPSA) is 58.5 Å². The Morgan fingerprint density at radius 3 is 2.96 bits per heavy atom. The molecule has 0 aliphatic heterocycles. The fourth-order valence-electron chi connectivity index (χ4n) is 3.58. The predicted molar refractivity (Wildman–Crippen MR) is 116 cm³/mol. The normalized spacial score (nSPS) is 11.6. The molecule has 0 amide bonds. The molecule has 140 valence electrons. The van der Waals surface area contributed by atoms with Gasteiger partial charge in [-0.15, -0.1) is 11.3 Å². The van der Waals surface area contributed by atoms with Crippen LogP contribution in [0.2, 0.25) is 0 Å². The molecule has 3 heterocycles. The van der Waals surface area contributed by atoms with Crippen LogP contribution < -0.4 is 5.32 Å². The van der Waals surface area contributed by atoms with Crippen molar-refractivity contribution in [3.8, 4) is 16.9 Å². The summed E-state index contributed by atoms with van der Waals surface area (Å²) in [4.78, 5) is 4.25. The van der Waals surface area contributed by atoms with Crippen molar-refractivity contribution < 1.29 is 0 Å². The summed E-state index contributed by atoms with van der Waals surface area (Å²) in [5, 5.41) is 12.6. The summed E-state index contributed by atoms with van der Waals surface area (Å²) in [6, 6.07) is 15.1. The third-order valence-corrected chi connectivity index (χ3v) is 6.12. The second-order valence-electron chi connectivity index (χ2n) is 6.87. The van der Waals surface area contributed by atoms with E-state index in [1.54, 1.807) is 11.3 Å². The van der Waals surface area contributed by atoms with Crippen molar-refractivity contribution in [3.63, 3.8) is 0 Å². The lowest BCUT2D eigenvalue weighted by Gasteiger charge is -2.12. The Balaban J connectivity index is 1.66. The van der Waals surface area contributed by atoms with Crippen LogP contribution in [0.25, 0.3) is 37.2 Å². The summed E-state index contributed by atoms with van der Waals surface area (Å²) >= 11 is 1.79. The van der Waals surface area contributed by atoms with Gasteiger partial charge < -0.3 is 9.88 Å². The number of imidazole rings is 1. The van der Waals surface area contributed by atoms with Gasteiger partial charge >= 0.3 is 0 Å². The third-order valence-electron chi connectivity index (χ3n) is 4.95. The first-order chi connectivity index (χ1) is 13.8. The third kappa shape index (κ3) is 2.91. The summed E-state index contributed by atoms with van der Waals surface area (Å²) < 4.78 is 4.53. The average molecular weight is 388 g/mol. The van der Waals surface area contributed by atoms with Crippen LogP contribution in [0.5, 0.6) is 0 Å². The molecule has 0 aliphatic rings. The number of aromatic nitrogens is 4. The monoisotopic (exact) mass is 387 g/mol. The van der Waals surface area contributed by atoms with Crippen molar-refractivity contribution >= 4 is 31.6 Å². The molecule has 0 saturated heterocycles. The second-order valence-corrected chi connectivity index (χ2v) is 7.92. The molecule has 6 heteroatoms. The zero-order chi connectivity index (χ0) is 18.9. The van der Waals surface area contributed by atoms with E-state index in [-0.39, 0.29) is 0 Å². The van der Waals surface area contributed by atoms with Gasteiger partial charge in [0.15, 0.2) is 0 Å². The SMILES string of the molecule is CCCNCc1ccc(-c2[nH]nc3c2sc2ccccc23)c(-n2ccnc2)c1. The van der Waals surface area contributed by atoms with Gasteiger partial charge in [0, 0.05) is 34.6 Å². The lowest BCUT2D eigenvalue weighted by molar-refractivity contribution is 0.675. The maximum Gasteiger partial charge on any atom is 0.111 e. The maximum atomic E-state index is 4.64. The van der Waals surface area contributed by atoms with Crippen molar-refractivity contribution in [2.24, 2.45) is 0 Å². The molecule has 0 saturated carbocycles. The standard InChI is InChI=1S/C22H21N5S/c1-2-9-23-13-15-7-8-16(18(12-15)27-11-10-24-14-27)20-22-21(26-25-20)17-5-3-4-6-19(17)28-22/h3-8,10-12,14,23H,2,9,13H2,1H3,(H,25,26). The van der Waals surface area contributed by atoms with Crippen LogP contribution >= 0.6 is 11.3 Å². The van der Waals surface area contributed by atoms with Gasteiger partial charge in [0.2, 0.25) is 0 Å². The zero-order valence-corrected chi connectivity index (χ0v) is 16.5. The van der Waals surface area contributed by atoms with E-state index < -0.39 is 0 Å². The number of fused-ring (bicyclic) bond motifs is 3. The van der Waals surface area contributed by atoms with Gasteiger partial charge in [-0.2, -0.15) is 5.10 Å². The highest BCUT2D eigenvalue weighted by Gasteiger charge is 2.17. The summed E-state index contributed by atoms with van der Waals surface area (Å²) in [6.45, 7) is 4.06. The van der Waals surface area contributed by atoms with Crippen LogP contribution in [-0.2, 0) is 6.54 Å². The Morgan fingerprint density at radius 1 is 1.18 bits per heavy atom. The summed E-state index contributed by atoms with van der Waals surface area (Å²) in [6.07, 6.45) is 6.78. The highest BCUT2D eigenvalue weighted by atomic mass is 32.1. The molecule has 5 nitrogen and oxygen atoms in total. The Bertz CT molecular complexity index is 1230. The van der Waals surface area contributed by atoms with E-state index in [4.69, 9.17) is 0 Å². The van der Waals surface area contributed by atoms with Gasteiger partial charge in [0.25, 0.3) is 0 Å². The van der Waals surface area contributed by atoms with Gasteiger partial charge in [-0.05, 0) is 30.7 Å². The molecule has 3 aromatic heterocycles. The van der Waals surface area contributed by atoms with Crippen molar-refractivity contribution in [3.05, 3.63) is 66.7 Å². The largest absolute Gasteiger partial charge is 0.313 e. The quantitative estimate of drug-likeness (QED) is 0.397. The van der Waals surface area contributed by atoms with Crippen LogP contribution in [0.1, 0.15) is 18.9 Å². The average Bonchev–Trinajstić information content (AvgIpc) is 3.45. The molecule has 0 bridgehead atoms. The Morgan fingerprint density at radius 2 is 2.11 bits per heavy atom. The first-order valence-electron chi connectivity index (χ1n) is 9.53. The van der Waals surface area contributed by atoms with Crippen LogP contribution in [0, 0.1) is 0 Å². The van der Waals surface area contributed by atoms with Gasteiger partial charge in [-0.1, -0.05) is 37.3 Å². The summed E-state index contributed by atoms with van der Waals surface area (Å²) in [5.74, 6) is 0. The van der Waals surface area contributed by atoms with E-state index in [1.165, 1.54) is 20.3 Å². The molecular weight excluding hydrogens is 366 g/mol. The smallest absolute Gasteiger partial charge is 0.111 e. The molecule has 0 spiro atoms. The molecule has 0 atom stereocenters. The number of rotatable bonds is 6. The number of aromatic amines is 1. The van der Waals surface area contributed by atoms with E-state index in [2.05, 4.69) is 74.5 Å². The fourth-order valence-corrected chi connectivity index (χ4v) is 4.73. The maximum absolute atomic E-state index is 4.64. The molecule has 0 radical (unpaired) electrons. The van der Waals surface area contributed by atoms with Gasteiger partial charge in [-0.25, -0.2) is 4.98 Å². The second kappa shape index (κ2) is 7.22. The minimum Gasteiger partial charge on any atom is -0.313 e. The van der Waals surface area contributed by atoms with Crippen LogP contribution in [0.4, 0.5) is 0 Å². The van der Waals surface area contributed by atoms with Gasteiger partial charge in [0.05, 0.1) is 22.4 Å². The summed E-state index contributed by atoms with van der Waals surface area (Å²) in [5.41, 5.74) is 5.60. The van der Waals surface area contributed by atoms with Crippen molar-refractivity contribution in [2.75, 3.05) is 6.54 Å². The van der Waals surface area contributed by atoms with E-state index in [1.807, 2.05) is 18.7 Å². The lowest BCUT2D eigenvalue weighted by Crippen LogP contribution is -2.14. The number of hydrogen-bond acceptors (Lipinski definition) is 4. The molecule has 2 aromatic carbocycles. The van der Waals surface area contributed by atoms with Gasteiger partial charge in [-0.3, -0.25) is 5.10 Å². The molecule has 2 N–H and O–H groups in total. The number of nitrogens with one attached hydrogen (secondary N) is 2. The number of thiophene rings is 1. The minimum absolute atomic E-state index is 0.858. The fraction of sp³-hybridized carbons (Fsp3) is 0.182. The molecule has 5 aromatic rings. The van der Waals surface area contributed by atoms with Crippen molar-refractivity contribution in [1.82, 2.24) is 25.1 Å². The highest BCUT2D eigenvalue weighted by molar-refractivity contribution is 7.26. The first kappa shape index (κ1) is 17.2. The van der Waals surface area contributed by atoms with Crippen LogP contribution in [0.3, 0.4) is 0 Å². The zero-order valence-electron chi connectivity index (χ0n) is 15.6. The van der Waals surface area contributed by atoms with Crippen LogP contribution in [-0.4, -0.2) is 26.3 Å². The predicted octanol–water partition coefficient (Wildman–Crippen LogP) is 5.13. The van der Waals surface area contributed by atoms with E-state index in [0.717, 1.165) is 42.0 Å². The Hall–Kier alpha value is -2.96. The lowest BCUT2D eigenvalue weighted by atomic mass is 10.1. The van der Waals surface area contributed by atoms with Gasteiger partial charge in [0.1, 0.15) is 5.52 Å². The molecule has 0 aliphatic carbocycles. The Kier molecular flexibility index (Phi) is 4.43. The number of H-pyrrole nitrogens is 1. The number of benzene rings is 2. The van der Waals surface area contributed by atoms with E-state index >= 15 is 0 Å². The molecule has 28 heavy (non-hydrogen) atoms. The number of nitrogens with zero attached hydrogens (tertiary/aromatic N) is 3. The molecule has 5 rings (SSSR count). The Labute approximate surface area is 167 Å². The van der Waals surface area contributed by atoms with Crippen molar-refractivity contribution in [2.45, 2.75) is 19.9 Å². The van der Waals surface area contributed by atoms with Crippen LogP contribution in [0.15, 0.2) is 61.2 Å². The van der Waals surface area contributed by atoms with E-state index in [0.29, 0.717) is 0 Å².